The second kappa shape index (κ2) is 5.50. The molecule has 2 rings (SSSR count). The van der Waals surface area contributed by atoms with Crippen LogP contribution in [-0.2, 0) is 25.8 Å². The number of aromatic nitrogens is 1. The third-order valence-corrected chi connectivity index (χ3v) is 5.04. The molecule has 1 aromatic heterocycles. The van der Waals surface area contributed by atoms with Gasteiger partial charge < -0.3 is 9.26 Å². The Balaban J connectivity index is 1.83. The van der Waals surface area contributed by atoms with Gasteiger partial charge in [-0.15, -0.1) is 0 Å². The zero-order chi connectivity index (χ0) is 14.0. The molecule has 0 aromatic carbocycles. The minimum atomic E-state index is -3.04. The van der Waals surface area contributed by atoms with Crippen LogP contribution in [0, 0.1) is 6.92 Å². The van der Waals surface area contributed by atoms with E-state index < -0.39 is 21.9 Å². The van der Waals surface area contributed by atoms with Crippen molar-refractivity contribution >= 4 is 27.4 Å². The molecule has 6 nitrogen and oxygen atoms in total. The van der Waals surface area contributed by atoms with Gasteiger partial charge in [0, 0.05) is 12.0 Å². The Morgan fingerprint density at radius 1 is 1.58 bits per heavy atom. The van der Waals surface area contributed by atoms with E-state index in [4.69, 9.17) is 20.9 Å². The maximum atomic E-state index is 11.6. The fourth-order valence-electron chi connectivity index (χ4n) is 1.97. The second-order valence-electron chi connectivity index (χ2n) is 4.54. The first-order valence-corrected chi connectivity index (χ1v) is 8.08. The average Bonchev–Trinajstić information content (AvgIpc) is 2.80. The van der Waals surface area contributed by atoms with Crippen LogP contribution in [0.2, 0.25) is 5.22 Å². The van der Waals surface area contributed by atoms with E-state index in [1.54, 1.807) is 6.92 Å². The molecule has 0 N–H and O–H groups in total. The van der Waals surface area contributed by atoms with E-state index in [-0.39, 0.29) is 23.1 Å². The molecule has 1 unspecified atom stereocenters. The van der Waals surface area contributed by atoms with E-state index >= 15 is 0 Å². The molecule has 1 aliphatic heterocycles. The van der Waals surface area contributed by atoms with Gasteiger partial charge in [0.2, 0.25) is 5.22 Å². The number of carbonyl (C=O) groups excluding carboxylic acids is 1. The molecule has 0 spiro atoms. The van der Waals surface area contributed by atoms with E-state index in [2.05, 4.69) is 5.16 Å². The van der Waals surface area contributed by atoms with Crippen molar-refractivity contribution in [1.29, 1.82) is 0 Å². The van der Waals surface area contributed by atoms with Crippen molar-refractivity contribution in [2.24, 2.45) is 0 Å². The van der Waals surface area contributed by atoms with Gasteiger partial charge in [-0.25, -0.2) is 8.42 Å². The Morgan fingerprint density at radius 3 is 2.84 bits per heavy atom. The molecule has 1 fully saturated rings. The van der Waals surface area contributed by atoms with E-state index in [9.17, 15) is 13.2 Å². The second-order valence-corrected chi connectivity index (χ2v) is 7.11. The Bertz CT molecular complexity index is 560. The Labute approximate surface area is 116 Å². The molecule has 19 heavy (non-hydrogen) atoms. The summed E-state index contributed by atoms with van der Waals surface area (Å²) >= 11 is 5.78. The van der Waals surface area contributed by atoms with Gasteiger partial charge in [0.1, 0.15) is 6.10 Å². The van der Waals surface area contributed by atoms with E-state index in [1.165, 1.54) is 0 Å². The number of halogens is 1. The summed E-state index contributed by atoms with van der Waals surface area (Å²) in [5.74, 6) is -0.424. The molecule has 0 saturated carbocycles. The van der Waals surface area contributed by atoms with Gasteiger partial charge in [-0.1, -0.05) is 5.16 Å². The molecule has 2 heterocycles. The molecule has 1 aliphatic rings. The first kappa shape index (κ1) is 14.3. The van der Waals surface area contributed by atoms with Gasteiger partial charge in [-0.05, 0) is 31.4 Å². The molecule has 1 saturated heterocycles. The van der Waals surface area contributed by atoms with Crippen molar-refractivity contribution in [3.63, 3.8) is 0 Å². The molecular weight excluding hydrogens is 294 g/mol. The van der Waals surface area contributed by atoms with Crippen LogP contribution >= 0.6 is 11.6 Å². The van der Waals surface area contributed by atoms with Crippen LogP contribution in [0.25, 0.3) is 0 Å². The molecule has 0 bridgehead atoms. The van der Waals surface area contributed by atoms with Gasteiger partial charge in [0.25, 0.3) is 0 Å². The van der Waals surface area contributed by atoms with Crippen LogP contribution in [0.4, 0.5) is 0 Å². The minimum absolute atomic E-state index is 0.0776. The summed E-state index contributed by atoms with van der Waals surface area (Å²) in [6.07, 6.45) is 0.350. The molecule has 106 valence electrons. The topological polar surface area (TPSA) is 86.5 Å². The number of sulfone groups is 1. The monoisotopic (exact) mass is 307 g/mol. The highest BCUT2D eigenvalue weighted by Crippen LogP contribution is 2.21. The number of aryl methyl sites for hydroxylation is 1. The number of rotatable bonds is 4. The SMILES string of the molecule is Cc1noc(Cl)c1CCC(=O)OC1CCS(=O)(=O)C1. The van der Waals surface area contributed by atoms with Crippen molar-refractivity contribution in [2.75, 3.05) is 11.5 Å². The van der Waals surface area contributed by atoms with Gasteiger partial charge in [0.15, 0.2) is 9.84 Å². The summed E-state index contributed by atoms with van der Waals surface area (Å²) in [6.45, 7) is 1.74. The summed E-state index contributed by atoms with van der Waals surface area (Å²) in [6, 6.07) is 0. The lowest BCUT2D eigenvalue weighted by molar-refractivity contribution is -0.147. The first-order valence-electron chi connectivity index (χ1n) is 5.88. The zero-order valence-electron chi connectivity index (χ0n) is 10.4. The van der Waals surface area contributed by atoms with E-state index in [0.717, 1.165) is 0 Å². The van der Waals surface area contributed by atoms with Crippen molar-refractivity contribution in [3.05, 3.63) is 16.5 Å². The normalized spacial score (nSPS) is 21.5. The number of esters is 1. The van der Waals surface area contributed by atoms with Crippen LogP contribution in [0.5, 0.6) is 0 Å². The smallest absolute Gasteiger partial charge is 0.306 e. The fraction of sp³-hybridized carbons (Fsp3) is 0.636. The highest BCUT2D eigenvalue weighted by atomic mass is 35.5. The highest BCUT2D eigenvalue weighted by molar-refractivity contribution is 7.91. The molecule has 1 aromatic rings. The third kappa shape index (κ3) is 3.70. The molecule has 1 atom stereocenters. The largest absolute Gasteiger partial charge is 0.461 e. The van der Waals surface area contributed by atoms with Gasteiger partial charge >= 0.3 is 5.97 Å². The van der Waals surface area contributed by atoms with Gasteiger partial charge in [-0.2, -0.15) is 0 Å². The Kier molecular flexibility index (Phi) is 4.15. The Hall–Kier alpha value is -1.08. The molecule has 0 aliphatic carbocycles. The maximum absolute atomic E-state index is 11.6. The highest BCUT2D eigenvalue weighted by Gasteiger charge is 2.30. The van der Waals surface area contributed by atoms with Crippen molar-refractivity contribution in [1.82, 2.24) is 5.16 Å². The van der Waals surface area contributed by atoms with Gasteiger partial charge in [0.05, 0.1) is 17.2 Å². The number of nitrogens with zero attached hydrogens (tertiary/aromatic N) is 1. The number of carbonyl (C=O) groups is 1. The lowest BCUT2D eigenvalue weighted by Gasteiger charge is -2.09. The molecular formula is C11H14ClNO5S. The standard InChI is InChI=1S/C11H14ClNO5S/c1-7-9(11(12)18-13-7)2-3-10(14)17-8-4-5-19(15,16)6-8/h8H,2-6H2,1H3. The third-order valence-electron chi connectivity index (χ3n) is 3.00. The van der Waals surface area contributed by atoms with E-state index in [1.807, 2.05) is 0 Å². The lowest BCUT2D eigenvalue weighted by Crippen LogP contribution is -2.19. The number of hydrogen-bond donors (Lipinski definition) is 0. The molecule has 8 heteroatoms. The summed E-state index contributed by atoms with van der Waals surface area (Å²) in [7, 11) is -3.04. The summed E-state index contributed by atoms with van der Waals surface area (Å²) in [4.78, 5) is 11.6. The summed E-state index contributed by atoms with van der Waals surface area (Å²) in [5.41, 5.74) is 1.32. The van der Waals surface area contributed by atoms with Crippen molar-refractivity contribution < 1.29 is 22.5 Å². The summed E-state index contributed by atoms with van der Waals surface area (Å²) in [5, 5.41) is 3.85. The van der Waals surface area contributed by atoms with Crippen molar-refractivity contribution in [3.8, 4) is 0 Å². The van der Waals surface area contributed by atoms with Crippen LogP contribution in [-0.4, -0.2) is 37.2 Å². The Morgan fingerprint density at radius 2 is 2.32 bits per heavy atom. The number of ether oxygens (including phenoxy) is 1. The average molecular weight is 308 g/mol. The minimum Gasteiger partial charge on any atom is -0.461 e. The number of hydrogen-bond acceptors (Lipinski definition) is 6. The quantitative estimate of drug-likeness (QED) is 0.779. The van der Waals surface area contributed by atoms with E-state index in [0.29, 0.717) is 24.1 Å². The first-order chi connectivity index (χ1) is 8.87. The summed E-state index contributed by atoms with van der Waals surface area (Å²) < 4.78 is 32.3. The predicted octanol–water partition coefficient (Wildman–Crippen LogP) is 1.30. The van der Waals surface area contributed by atoms with Crippen LogP contribution < -0.4 is 0 Å². The maximum Gasteiger partial charge on any atom is 0.306 e. The van der Waals surface area contributed by atoms with Crippen LogP contribution in [0.3, 0.4) is 0 Å². The van der Waals surface area contributed by atoms with Crippen LogP contribution in [0.15, 0.2) is 4.52 Å². The predicted molar refractivity (Wildman–Crippen MR) is 67.7 cm³/mol. The van der Waals surface area contributed by atoms with Crippen LogP contribution in [0.1, 0.15) is 24.1 Å². The zero-order valence-corrected chi connectivity index (χ0v) is 12.0. The molecule has 0 amide bonds. The lowest BCUT2D eigenvalue weighted by atomic mass is 10.1. The van der Waals surface area contributed by atoms with Crippen molar-refractivity contribution in [2.45, 2.75) is 32.3 Å². The fourth-order valence-corrected chi connectivity index (χ4v) is 3.82. The van der Waals surface area contributed by atoms with Gasteiger partial charge in [-0.3, -0.25) is 4.79 Å². The molecule has 0 radical (unpaired) electrons.